The first kappa shape index (κ1) is 16.4. The van der Waals surface area contributed by atoms with E-state index in [-0.39, 0.29) is 5.91 Å². The number of nitrogens with two attached hydrogens (primary N) is 1. The maximum Gasteiger partial charge on any atom is 0.234 e. The van der Waals surface area contributed by atoms with Gasteiger partial charge in [0.1, 0.15) is 0 Å². The van der Waals surface area contributed by atoms with Crippen molar-refractivity contribution in [1.82, 2.24) is 10.2 Å². The van der Waals surface area contributed by atoms with Crippen LogP contribution < -0.4 is 11.1 Å². The van der Waals surface area contributed by atoms with E-state index >= 15 is 0 Å². The van der Waals surface area contributed by atoms with E-state index in [0.717, 1.165) is 19.4 Å². The van der Waals surface area contributed by atoms with Gasteiger partial charge in [0.25, 0.3) is 0 Å². The number of hydrogen-bond donors (Lipinski definition) is 2. The normalized spacial score (nSPS) is 24.4. The van der Waals surface area contributed by atoms with Crippen LogP contribution in [0.4, 0.5) is 0 Å². The first-order chi connectivity index (χ1) is 9.22. The SMILES string of the molecule is CCC1CCCN(CC(=O)NCCCOC)C1CN. The largest absolute Gasteiger partial charge is 0.385 e. The summed E-state index contributed by atoms with van der Waals surface area (Å²) in [4.78, 5) is 14.1. The number of rotatable bonds is 8. The minimum atomic E-state index is 0.103. The molecule has 2 atom stereocenters. The van der Waals surface area contributed by atoms with Crippen LogP contribution in [0.15, 0.2) is 0 Å². The molecule has 2 unspecified atom stereocenters. The van der Waals surface area contributed by atoms with Crippen LogP contribution in [0.1, 0.15) is 32.6 Å². The first-order valence-corrected chi connectivity index (χ1v) is 7.42. The second-order valence-electron chi connectivity index (χ2n) is 5.28. The molecule has 0 aromatic carbocycles. The van der Waals surface area contributed by atoms with Crippen molar-refractivity contribution in [2.45, 2.75) is 38.6 Å². The highest BCUT2D eigenvalue weighted by molar-refractivity contribution is 5.78. The van der Waals surface area contributed by atoms with Crippen molar-refractivity contribution in [3.8, 4) is 0 Å². The smallest absolute Gasteiger partial charge is 0.234 e. The Hall–Kier alpha value is -0.650. The minimum absolute atomic E-state index is 0.103. The van der Waals surface area contributed by atoms with E-state index < -0.39 is 0 Å². The molecule has 0 aliphatic carbocycles. The molecule has 1 fully saturated rings. The molecule has 0 radical (unpaired) electrons. The molecule has 1 aliphatic rings. The molecule has 0 spiro atoms. The summed E-state index contributed by atoms with van der Waals surface area (Å²) >= 11 is 0. The molecule has 1 amide bonds. The Bertz CT molecular complexity index is 261. The van der Waals surface area contributed by atoms with Crippen molar-refractivity contribution in [2.75, 3.05) is 39.9 Å². The molecule has 0 saturated carbocycles. The number of nitrogens with zero attached hydrogens (tertiary/aromatic N) is 1. The minimum Gasteiger partial charge on any atom is -0.385 e. The molecule has 1 heterocycles. The van der Waals surface area contributed by atoms with E-state index in [4.69, 9.17) is 10.5 Å². The van der Waals surface area contributed by atoms with Crippen LogP contribution in [0.3, 0.4) is 0 Å². The molecule has 1 rings (SSSR count). The number of likely N-dealkylation sites (tertiary alicyclic amines) is 1. The van der Waals surface area contributed by atoms with Gasteiger partial charge in [0.15, 0.2) is 0 Å². The summed E-state index contributed by atoms with van der Waals surface area (Å²) in [6.07, 6.45) is 4.42. The zero-order chi connectivity index (χ0) is 14.1. The lowest BCUT2D eigenvalue weighted by atomic mass is 9.87. The summed E-state index contributed by atoms with van der Waals surface area (Å²) in [6, 6.07) is 0.364. The molecule has 1 saturated heterocycles. The van der Waals surface area contributed by atoms with E-state index in [1.165, 1.54) is 12.8 Å². The molecule has 0 bridgehead atoms. The number of piperidine rings is 1. The Morgan fingerprint density at radius 1 is 1.53 bits per heavy atom. The van der Waals surface area contributed by atoms with Crippen LogP contribution >= 0.6 is 0 Å². The monoisotopic (exact) mass is 271 g/mol. The lowest BCUT2D eigenvalue weighted by Gasteiger charge is -2.40. The lowest BCUT2D eigenvalue weighted by molar-refractivity contribution is -0.123. The van der Waals surface area contributed by atoms with Gasteiger partial charge in [-0.25, -0.2) is 0 Å². The van der Waals surface area contributed by atoms with Gasteiger partial charge in [-0.3, -0.25) is 9.69 Å². The third kappa shape index (κ3) is 5.47. The van der Waals surface area contributed by atoms with Gasteiger partial charge in [0.05, 0.1) is 6.54 Å². The average Bonchev–Trinajstić information content (AvgIpc) is 2.43. The second kappa shape index (κ2) is 9.28. The standard InChI is InChI=1S/C14H29N3O2/c1-3-12-6-4-8-17(13(12)10-15)11-14(18)16-7-5-9-19-2/h12-13H,3-11,15H2,1-2H3,(H,16,18). The van der Waals surface area contributed by atoms with E-state index in [9.17, 15) is 4.79 Å². The summed E-state index contributed by atoms with van der Waals surface area (Å²) in [5, 5.41) is 2.94. The Morgan fingerprint density at radius 3 is 2.95 bits per heavy atom. The molecular formula is C14H29N3O2. The average molecular weight is 271 g/mol. The third-order valence-corrected chi connectivity index (χ3v) is 3.99. The van der Waals surface area contributed by atoms with Crippen LogP contribution in [-0.2, 0) is 9.53 Å². The fourth-order valence-corrected chi connectivity index (χ4v) is 2.91. The van der Waals surface area contributed by atoms with Gasteiger partial charge in [-0.15, -0.1) is 0 Å². The Labute approximate surface area is 116 Å². The second-order valence-corrected chi connectivity index (χ2v) is 5.28. The zero-order valence-electron chi connectivity index (χ0n) is 12.4. The van der Waals surface area contributed by atoms with Gasteiger partial charge in [0.2, 0.25) is 5.91 Å². The van der Waals surface area contributed by atoms with Crippen molar-refractivity contribution >= 4 is 5.91 Å². The van der Waals surface area contributed by atoms with Gasteiger partial charge in [0, 0.05) is 32.8 Å². The van der Waals surface area contributed by atoms with E-state index in [2.05, 4.69) is 17.1 Å². The van der Waals surface area contributed by atoms with Crippen LogP contribution in [0.25, 0.3) is 0 Å². The fraction of sp³-hybridized carbons (Fsp3) is 0.929. The van der Waals surface area contributed by atoms with Gasteiger partial charge in [-0.2, -0.15) is 0 Å². The highest BCUT2D eigenvalue weighted by atomic mass is 16.5. The topological polar surface area (TPSA) is 67.6 Å². The summed E-state index contributed by atoms with van der Waals surface area (Å²) < 4.78 is 4.96. The van der Waals surface area contributed by atoms with E-state index in [0.29, 0.717) is 38.2 Å². The summed E-state index contributed by atoms with van der Waals surface area (Å²) in [6.45, 7) is 5.70. The number of carbonyl (C=O) groups excluding carboxylic acids is 1. The van der Waals surface area contributed by atoms with E-state index in [1.807, 2.05) is 0 Å². The van der Waals surface area contributed by atoms with Gasteiger partial charge < -0.3 is 15.8 Å². The summed E-state index contributed by atoms with van der Waals surface area (Å²) in [5.74, 6) is 0.742. The molecule has 0 aromatic heterocycles. The van der Waals surface area contributed by atoms with Crippen molar-refractivity contribution in [3.63, 3.8) is 0 Å². The number of hydrogen-bond acceptors (Lipinski definition) is 4. The predicted octanol–water partition coefficient (Wildman–Crippen LogP) is 0.588. The molecule has 112 valence electrons. The number of nitrogens with one attached hydrogen (secondary N) is 1. The highest BCUT2D eigenvalue weighted by Gasteiger charge is 2.30. The van der Waals surface area contributed by atoms with Crippen LogP contribution in [0.2, 0.25) is 0 Å². The molecule has 1 aliphatic heterocycles. The lowest BCUT2D eigenvalue weighted by Crippen LogP contribution is -2.52. The number of amides is 1. The molecule has 5 nitrogen and oxygen atoms in total. The predicted molar refractivity (Wildman–Crippen MR) is 76.9 cm³/mol. The highest BCUT2D eigenvalue weighted by Crippen LogP contribution is 2.25. The third-order valence-electron chi connectivity index (χ3n) is 3.99. The zero-order valence-corrected chi connectivity index (χ0v) is 12.4. The Kier molecular flexibility index (Phi) is 8.02. The Morgan fingerprint density at radius 2 is 2.32 bits per heavy atom. The number of ether oxygens (including phenoxy) is 1. The van der Waals surface area contributed by atoms with E-state index in [1.54, 1.807) is 7.11 Å². The summed E-state index contributed by atoms with van der Waals surface area (Å²) in [5.41, 5.74) is 5.89. The van der Waals surface area contributed by atoms with Crippen molar-refractivity contribution in [1.29, 1.82) is 0 Å². The van der Waals surface area contributed by atoms with Crippen LogP contribution in [0, 0.1) is 5.92 Å². The molecule has 0 aromatic rings. The maximum atomic E-state index is 11.9. The first-order valence-electron chi connectivity index (χ1n) is 7.42. The van der Waals surface area contributed by atoms with Crippen molar-refractivity contribution in [3.05, 3.63) is 0 Å². The van der Waals surface area contributed by atoms with Gasteiger partial charge in [-0.1, -0.05) is 13.3 Å². The molecular weight excluding hydrogens is 242 g/mol. The van der Waals surface area contributed by atoms with Crippen molar-refractivity contribution in [2.24, 2.45) is 11.7 Å². The fourth-order valence-electron chi connectivity index (χ4n) is 2.91. The van der Waals surface area contributed by atoms with Gasteiger partial charge in [-0.05, 0) is 31.7 Å². The summed E-state index contributed by atoms with van der Waals surface area (Å²) in [7, 11) is 1.67. The quantitative estimate of drug-likeness (QED) is 0.634. The van der Waals surface area contributed by atoms with Gasteiger partial charge >= 0.3 is 0 Å². The maximum absolute atomic E-state index is 11.9. The Balaban J connectivity index is 2.34. The molecule has 3 N–H and O–H groups in total. The number of methoxy groups -OCH3 is 1. The molecule has 5 heteroatoms. The van der Waals surface area contributed by atoms with Crippen LogP contribution in [0.5, 0.6) is 0 Å². The number of carbonyl (C=O) groups is 1. The van der Waals surface area contributed by atoms with Crippen molar-refractivity contribution < 1.29 is 9.53 Å². The van der Waals surface area contributed by atoms with Crippen LogP contribution in [-0.4, -0.2) is 56.7 Å². The molecule has 19 heavy (non-hydrogen) atoms.